The highest BCUT2D eigenvalue weighted by atomic mass is 32.2. The zero-order chi connectivity index (χ0) is 20.3. The van der Waals surface area contributed by atoms with Crippen LogP contribution in [0.2, 0.25) is 0 Å². The highest BCUT2D eigenvalue weighted by molar-refractivity contribution is 7.89. The van der Waals surface area contributed by atoms with Crippen LogP contribution in [0.25, 0.3) is 0 Å². The van der Waals surface area contributed by atoms with Crippen molar-refractivity contribution in [3.8, 4) is 0 Å². The molecule has 0 aliphatic carbocycles. The number of ether oxygens (including phenoxy) is 1. The summed E-state index contributed by atoms with van der Waals surface area (Å²) < 4.78 is 43.3. The van der Waals surface area contributed by atoms with E-state index in [1.54, 1.807) is 13.8 Å². The summed E-state index contributed by atoms with van der Waals surface area (Å²) in [5, 5.41) is 7.73. The topological polar surface area (TPSA) is 112 Å². The van der Waals surface area contributed by atoms with Gasteiger partial charge in [0.05, 0.1) is 12.7 Å². The lowest BCUT2D eigenvalue weighted by molar-refractivity contribution is 0.0222. The first kappa shape index (κ1) is 20.9. The number of piperidine rings is 1. The number of hydrogen-bond donors (Lipinski definition) is 0. The second-order valence-corrected chi connectivity index (χ2v) is 9.45. The van der Waals surface area contributed by atoms with E-state index in [0.29, 0.717) is 68.0 Å². The van der Waals surface area contributed by atoms with E-state index >= 15 is 0 Å². The van der Waals surface area contributed by atoms with E-state index < -0.39 is 10.0 Å². The van der Waals surface area contributed by atoms with Gasteiger partial charge in [-0.15, -0.1) is 0 Å². The van der Waals surface area contributed by atoms with Gasteiger partial charge in [0.15, 0.2) is 11.6 Å². The van der Waals surface area contributed by atoms with Gasteiger partial charge in [-0.05, 0) is 32.6 Å². The Balaban J connectivity index is 1.46. The first-order valence-electron chi connectivity index (χ1n) is 9.63. The zero-order valence-electron chi connectivity index (χ0n) is 16.8. The molecule has 0 atom stereocenters. The molecule has 0 spiro atoms. The number of nitrogens with zero attached hydrogens (tertiary/aromatic N) is 4. The van der Waals surface area contributed by atoms with E-state index in [2.05, 4.69) is 29.1 Å². The van der Waals surface area contributed by atoms with Gasteiger partial charge < -0.3 is 13.8 Å². The summed E-state index contributed by atoms with van der Waals surface area (Å²) in [6.45, 7) is 8.78. The third-order valence-electron chi connectivity index (χ3n) is 4.74. The minimum atomic E-state index is -3.59. The molecule has 0 unspecified atom stereocenters. The molecule has 0 saturated carbocycles. The Bertz CT molecular complexity index is 862. The normalized spacial score (nSPS) is 16.9. The summed E-state index contributed by atoms with van der Waals surface area (Å²) in [5.41, 5.74) is 0.396. The molecule has 0 amide bonds. The zero-order valence-corrected chi connectivity index (χ0v) is 17.7. The van der Waals surface area contributed by atoms with E-state index in [-0.39, 0.29) is 11.0 Å². The Morgan fingerprint density at radius 1 is 1.18 bits per heavy atom. The van der Waals surface area contributed by atoms with Crippen molar-refractivity contribution in [3.63, 3.8) is 0 Å². The van der Waals surface area contributed by atoms with E-state index in [0.717, 1.165) is 6.42 Å². The molecular weight excluding hydrogens is 384 g/mol. The van der Waals surface area contributed by atoms with Crippen LogP contribution in [-0.4, -0.2) is 53.8 Å². The molecule has 0 radical (unpaired) electrons. The van der Waals surface area contributed by atoms with Crippen LogP contribution in [0.1, 0.15) is 49.9 Å². The molecule has 2 aromatic rings. The first-order chi connectivity index (χ1) is 13.3. The van der Waals surface area contributed by atoms with Crippen LogP contribution in [0.5, 0.6) is 0 Å². The lowest BCUT2D eigenvalue weighted by atomic mass is 10.1. The lowest BCUT2D eigenvalue weighted by Crippen LogP contribution is -2.41. The summed E-state index contributed by atoms with van der Waals surface area (Å²) in [6.07, 6.45) is 2.67. The molecule has 156 valence electrons. The number of aryl methyl sites for hydroxylation is 2. The van der Waals surface area contributed by atoms with E-state index in [9.17, 15) is 8.42 Å². The predicted octanol–water partition coefficient (Wildman–Crippen LogP) is 2.29. The molecule has 1 aliphatic rings. The third-order valence-corrected chi connectivity index (χ3v) is 6.88. The Labute approximate surface area is 165 Å². The van der Waals surface area contributed by atoms with E-state index in [4.69, 9.17) is 13.8 Å². The van der Waals surface area contributed by atoms with Gasteiger partial charge in [0.2, 0.25) is 15.9 Å². The fourth-order valence-electron chi connectivity index (χ4n) is 3.35. The standard InChI is InChI=1S/C18H28N4O5S/c1-12(2)11-17-19-16(21-27-17)7-10-25-15-5-8-22(9-6-15)28(23,24)18-13(3)20-26-14(18)4/h12,15H,5-11H2,1-4H3. The van der Waals surface area contributed by atoms with Gasteiger partial charge in [-0.1, -0.05) is 24.2 Å². The van der Waals surface area contributed by atoms with Gasteiger partial charge in [0, 0.05) is 25.9 Å². The molecular formula is C18H28N4O5S. The number of sulfonamides is 1. The largest absolute Gasteiger partial charge is 0.378 e. The Hall–Kier alpha value is -1.78. The highest BCUT2D eigenvalue weighted by Gasteiger charge is 2.34. The van der Waals surface area contributed by atoms with Crippen molar-refractivity contribution in [2.45, 2.75) is 64.4 Å². The maximum absolute atomic E-state index is 12.8. The van der Waals surface area contributed by atoms with Crippen molar-refractivity contribution >= 4 is 10.0 Å². The van der Waals surface area contributed by atoms with Crippen LogP contribution in [0.3, 0.4) is 0 Å². The van der Waals surface area contributed by atoms with Crippen molar-refractivity contribution in [1.29, 1.82) is 0 Å². The second-order valence-electron chi connectivity index (χ2n) is 7.58. The molecule has 3 heterocycles. The fourth-order valence-corrected chi connectivity index (χ4v) is 5.11. The maximum Gasteiger partial charge on any atom is 0.248 e. The maximum atomic E-state index is 12.8. The van der Waals surface area contributed by atoms with Gasteiger partial charge in [-0.25, -0.2) is 8.42 Å². The summed E-state index contributed by atoms with van der Waals surface area (Å²) in [7, 11) is -3.59. The average Bonchev–Trinajstić information content (AvgIpc) is 3.21. The molecule has 0 bridgehead atoms. The highest BCUT2D eigenvalue weighted by Crippen LogP contribution is 2.26. The molecule has 3 rings (SSSR count). The summed E-state index contributed by atoms with van der Waals surface area (Å²) in [4.78, 5) is 4.54. The Morgan fingerprint density at radius 3 is 2.50 bits per heavy atom. The summed E-state index contributed by atoms with van der Waals surface area (Å²) in [5.74, 6) is 2.10. The number of aromatic nitrogens is 3. The SMILES string of the molecule is Cc1noc(C)c1S(=O)(=O)N1CCC(OCCc2noc(CC(C)C)n2)CC1. The number of hydrogen-bond acceptors (Lipinski definition) is 8. The smallest absolute Gasteiger partial charge is 0.248 e. The van der Waals surface area contributed by atoms with Crippen LogP contribution >= 0.6 is 0 Å². The molecule has 2 aromatic heterocycles. The van der Waals surface area contributed by atoms with E-state index in [1.165, 1.54) is 4.31 Å². The van der Waals surface area contributed by atoms with Crippen molar-refractivity contribution in [3.05, 3.63) is 23.2 Å². The van der Waals surface area contributed by atoms with Crippen molar-refractivity contribution in [1.82, 2.24) is 19.6 Å². The van der Waals surface area contributed by atoms with Crippen LogP contribution in [0.15, 0.2) is 13.9 Å². The van der Waals surface area contributed by atoms with Gasteiger partial charge in [-0.3, -0.25) is 0 Å². The third kappa shape index (κ3) is 4.79. The molecule has 28 heavy (non-hydrogen) atoms. The monoisotopic (exact) mass is 412 g/mol. The van der Waals surface area contributed by atoms with Crippen molar-refractivity contribution in [2.24, 2.45) is 5.92 Å². The van der Waals surface area contributed by atoms with Gasteiger partial charge in [0.25, 0.3) is 0 Å². The van der Waals surface area contributed by atoms with Gasteiger partial charge >= 0.3 is 0 Å². The van der Waals surface area contributed by atoms with Crippen LogP contribution in [0, 0.1) is 19.8 Å². The quantitative estimate of drug-likeness (QED) is 0.649. The van der Waals surface area contributed by atoms with Crippen LogP contribution < -0.4 is 0 Å². The molecule has 0 N–H and O–H groups in total. The molecule has 1 saturated heterocycles. The molecule has 10 heteroatoms. The molecule has 1 fully saturated rings. The van der Waals surface area contributed by atoms with Crippen molar-refractivity contribution < 1.29 is 22.2 Å². The minimum Gasteiger partial charge on any atom is -0.378 e. The van der Waals surface area contributed by atoms with Crippen molar-refractivity contribution in [2.75, 3.05) is 19.7 Å². The second kappa shape index (κ2) is 8.71. The molecule has 1 aliphatic heterocycles. The van der Waals surface area contributed by atoms with E-state index in [1.807, 2.05) is 0 Å². The Morgan fingerprint density at radius 2 is 1.89 bits per heavy atom. The summed E-state index contributed by atoms with van der Waals surface area (Å²) in [6, 6.07) is 0. The first-order valence-corrected chi connectivity index (χ1v) is 11.1. The number of rotatable bonds is 8. The predicted molar refractivity (Wildman–Crippen MR) is 100 cm³/mol. The minimum absolute atomic E-state index is 0.0261. The molecule has 9 nitrogen and oxygen atoms in total. The summed E-state index contributed by atoms with van der Waals surface area (Å²) >= 11 is 0. The van der Waals surface area contributed by atoms with Gasteiger partial charge in [-0.2, -0.15) is 9.29 Å². The Kier molecular flexibility index (Phi) is 6.51. The average molecular weight is 413 g/mol. The van der Waals surface area contributed by atoms with Gasteiger partial charge in [0.1, 0.15) is 10.6 Å². The van der Waals surface area contributed by atoms with Crippen LogP contribution in [0.4, 0.5) is 0 Å². The van der Waals surface area contributed by atoms with Crippen LogP contribution in [-0.2, 0) is 27.6 Å². The molecule has 0 aromatic carbocycles. The fraction of sp³-hybridized carbons (Fsp3) is 0.722. The lowest BCUT2D eigenvalue weighted by Gasteiger charge is -2.31.